The molecule has 9 nitrogen and oxygen atoms in total. The number of rotatable bonds is 4. The van der Waals surface area contributed by atoms with Gasteiger partial charge in [0.15, 0.2) is 6.20 Å². The molecular formula is C21H22ClN5O4S. The van der Waals surface area contributed by atoms with Gasteiger partial charge in [0.1, 0.15) is 12.7 Å². The summed E-state index contributed by atoms with van der Waals surface area (Å²) in [5.74, 6) is 0.525. The number of fused-ring (bicyclic) bond motifs is 2. The predicted octanol–water partition coefficient (Wildman–Crippen LogP) is 0.180. The molecule has 0 spiro atoms. The third-order valence-corrected chi connectivity index (χ3v) is 5.48. The van der Waals surface area contributed by atoms with Gasteiger partial charge in [-0.2, -0.15) is 0 Å². The Bertz CT molecular complexity index is 1310. The normalized spacial score (nSPS) is 12.7. The van der Waals surface area contributed by atoms with Crippen molar-refractivity contribution in [2.24, 2.45) is 28.4 Å². The summed E-state index contributed by atoms with van der Waals surface area (Å²) in [6, 6.07) is 18.5. The van der Waals surface area contributed by atoms with E-state index >= 15 is 0 Å². The first-order valence-corrected chi connectivity index (χ1v) is 11.7. The maximum atomic E-state index is 8.49. The molecule has 0 N–H and O–H groups in total. The molecule has 0 bridgehead atoms. The number of hydrogen-bond donors (Lipinski definition) is 0. The number of hydrogen-bond acceptors (Lipinski definition) is 7. The quantitative estimate of drug-likeness (QED) is 0.236. The molecule has 0 aliphatic rings. The molecule has 0 unspecified atom stereocenters. The molecule has 2 aromatic carbocycles. The average Bonchev–Trinajstić information content (AvgIpc) is 3.06. The highest BCUT2D eigenvalue weighted by Gasteiger charge is 2.09. The van der Waals surface area contributed by atoms with Gasteiger partial charge in [0.25, 0.3) is 0 Å². The Labute approximate surface area is 190 Å². The highest BCUT2D eigenvalue weighted by atomic mass is 35.7. The summed E-state index contributed by atoms with van der Waals surface area (Å²) < 4.78 is 39.5. The number of aryl methyl sites for hydroxylation is 1. The van der Waals surface area contributed by atoms with Gasteiger partial charge in [-0.15, -0.1) is 20.5 Å². The van der Waals surface area contributed by atoms with Crippen LogP contribution in [0.5, 0.6) is 0 Å². The van der Waals surface area contributed by atoms with Crippen molar-refractivity contribution < 1.29 is 33.4 Å². The summed E-state index contributed by atoms with van der Waals surface area (Å²) in [4.78, 5) is 0.874. The number of benzene rings is 2. The predicted molar refractivity (Wildman–Crippen MR) is 110 cm³/mol. The molecule has 0 fully saturated rings. The molecule has 0 aliphatic carbocycles. The second-order valence-corrected chi connectivity index (χ2v) is 9.12. The van der Waals surface area contributed by atoms with Crippen molar-refractivity contribution in [1.29, 1.82) is 0 Å². The Morgan fingerprint density at radius 1 is 1.00 bits per heavy atom. The molecular weight excluding hydrogens is 454 g/mol. The van der Waals surface area contributed by atoms with E-state index in [0.717, 1.165) is 27.9 Å². The molecule has 11 heteroatoms. The molecule has 4 aromatic rings. The molecule has 0 aliphatic heterocycles. The van der Waals surface area contributed by atoms with Crippen LogP contribution in [0.15, 0.2) is 76.2 Å². The summed E-state index contributed by atoms with van der Waals surface area (Å²) in [7, 11) is -2.92. The standard InChI is InChI=1S/C21H22N5S.ClHO4/c1-15(2)14-26-19-10-6-7-11-20(19)27-21(26)23-24-22-17-12-13-25(3)18-9-5-4-8-16(17)18;2-1(3,4)5/h4-13,15H,14H2,1-3H3;(H,2,3,4,5)/q+1;/p-1. The van der Waals surface area contributed by atoms with Gasteiger partial charge in [-0.25, -0.2) is 23.2 Å². The zero-order valence-electron chi connectivity index (χ0n) is 17.7. The van der Waals surface area contributed by atoms with Crippen molar-refractivity contribution >= 4 is 38.1 Å². The minimum absolute atomic E-state index is 0.525. The number of para-hydroxylation sites is 2. The Balaban J connectivity index is 0.000000523. The van der Waals surface area contributed by atoms with Crippen LogP contribution in [0.1, 0.15) is 13.8 Å². The van der Waals surface area contributed by atoms with Crippen molar-refractivity contribution in [3.05, 3.63) is 65.6 Å². The molecule has 2 aromatic heterocycles. The minimum atomic E-state index is -4.94. The zero-order chi connectivity index (χ0) is 23.3. The van der Waals surface area contributed by atoms with E-state index in [1.54, 1.807) is 11.3 Å². The Kier molecular flexibility index (Phi) is 7.67. The maximum Gasteiger partial charge on any atom is 0.214 e. The van der Waals surface area contributed by atoms with Crippen LogP contribution in [0.3, 0.4) is 0 Å². The first-order chi connectivity index (χ1) is 15.1. The number of halogens is 1. The van der Waals surface area contributed by atoms with Crippen molar-refractivity contribution in [2.45, 2.75) is 20.4 Å². The van der Waals surface area contributed by atoms with E-state index in [1.165, 1.54) is 10.2 Å². The van der Waals surface area contributed by atoms with Crippen LogP contribution in [0.25, 0.3) is 21.1 Å². The molecule has 0 saturated heterocycles. The Morgan fingerprint density at radius 3 is 2.38 bits per heavy atom. The third-order valence-electron chi connectivity index (χ3n) is 4.43. The molecule has 168 valence electrons. The fraction of sp³-hybridized carbons (Fsp3) is 0.238. The lowest BCUT2D eigenvalue weighted by atomic mass is 10.2. The molecule has 32 heavy (non-hydrogen) atoms. The van der Waals surface area contributed by atoms with Crippen molar-refractivity contribution in [1.82, 2.24) is 4.57 Å². The molecule has 2 heterocycles. The van der Waals surface area contributed by atoms with Gasteiger partial charge in [0.2, 0.25) is 10.3 Å². The smallest absolute Gasteiger partial charge is 0.214 e. The molecule has 0 saturated carbocycles. The number of thiazole rings is 1. The second-order valence-electron chi connectivity index (χ2n) is 7.35. The largest absolute Gasteiger partial charge is 0.315 e. The number of pyridine rings is 1. The monoisotopic (exact) mass is 475 g/mol. The molecule has 4 rings (SSSR count). The summed E-state index contributed by atoms with van der Waals surface area (Å²) in [5.41, 5.74) is 3.14. The molecule has 0 amide bonds. The second kappa shape index (κ2) is 10.3. The lowest BCUT2D eigenvalue weighted by Crippen LogP contribution is -2.68. The fourth-order valence-corrected chi connectivity index (χ4v) is 4.17. The van der Waals surface area contributed by atoms with E-state index in [4.69, 9.17) is 18.6 Å². The molecule has 0 radical (unpaired) electrons. The van der Waals surface area contributed by atoms with Gasteiger partial charge < -0.3 is 4.57 Å². The lowest BCUT2D eigenvalue weighted by Gasteiger charge is -2.17. The van der Waals surface area contributed by atoms with E-state index < -0.39 is 10.2 Å². The summed E-state index contributed by atoms with van der Waals surface area (Å²) >= 11 is 1.65. The third kappa shape index (κ3) is 6.39. The van der Waals surface area contributed by atoms with Crippen LogP contribution in [-0.2, 0) is 13.6 Å². The Morgan fingerprint density at radius 2 is 1.66 bits per heavy atom. The van der Waals surface area contributed by atoms with Crippen molar-refractivity contribution in [3.63, 3.8) is 0 Å². The van der Waals surface area contributed by atoms with E-state index in [0.29, 0.717) is 5.92 Å². The summed E-state index contributed by atoms with van der Waals surface area (Å²) in [6.07, 6.45) is 2.00. The van der Waals surface area contributed by atoms with Crippen molar-refractivity contribution in [3.8, 4) is 0 Å². The Hall–Kier alpha value is -2.73. The molecule has 0 atom stereocenters. The SMILES string of the molecule is CC(C)Cn1/c(=N/N=Nc2cc[n+](C)c3ccccc23)sc2ccccc21.[O-][Cl+3]([O-])([O-])[O-]. The highest BCUT2D eigenvalue weighted by molar-refractivity contribution is 7.16. The fourth-order valence-electron chi connectivity index (χ4n) is 3.19. The van der Waals surface area contributed by atoms with Crippen LogP contribution >= 0.6 is 11.3 Å². The average molecular weight is 476 g/mol. The lowest BCUT2D eigenvalue weighted by molar-refractivity contribution is -2.00. The van der Waals surface area contributed by atoms with Gasteiger partial charge in [-0.1, -0.05) is 49.4 Å². The summed E-state index contributed by atoms with van der Waals surface area (Å²) in [5, 5.41) is 14.1. The van der Waals surface area contributed by atoms with Gasteiger partial charge in [0, 0.05) is 18.7 Å². The van der Waals surface area contributed by atoms with Crippen LogP contribution in [0, 0.1) is 16.2 Å². The first-order valence-electron chi connectivity index (χ1n) is 9.65. The topological polar surface area (TPSA) is 138 Å². The maximum absolute atomic E-state index is 8.49. The van der Waals surface area contributed by atoms with Gasteiger partial charge >= 0.3 is 0 Å². The number of aromatic nitrogens is 2. The first kappa shape index (κ1) is 23.9. The van der Waals surface area contributed by atoms with Gasteiger partial charge in [-0.3, -0.25) is 0 Å². The van der Waals surface area contributed by atoms with Gasteiger partial charge in [-0.05, 0) is 29.3 Å². The highest BCUT2D eigenvalue weighted by Crippen LogP contribution is 2.23. The van der Waals surface area contributed by atoms with Crippen LogP contribution in [-0.4, -0.2) is 4.57 Å². The van der Waals surface area contributed by atoms with Crippen LogP contribution < -0.4 is 28.0 Å². The van der Waals surface area contributed by atoms with Crippen LogP contribution in [0.4, 0.5) is 5.69 Å². The van der Waals surface area contributed by atoms with Crippen LogP contribution in [0.2, 0.25) is 0 Å². The van der Waals surface area contributed by atoms with E-state index in [2.05, 4.69) is 74.8 Å². The van der Waals surface area contributed by atoms with E-state index in [-0.39, 0.29) is 0 Å². The minimum Gasteiger partial charge on any atom is -0.315 e. The summed E-state index contributed by atoms with van der Waals surface area (Å²) in [6.45, 7) is 5.32. The van der Waals surface area contributed by atoms with Gasteiger partial charge in [0.05, 0.1) is 15.6 Å². The van der Waals surface area contributed by atoms with Crippen molar-refractivity contribution in [2.75, 3.05) is 0 Å². The van der Waals surface area contributed by atoms with E-state index in [9.17, 15) is 0 Å². The van der Waals surface area contributed by atoms with E-state index in [1.807, 2.05) is 31.4 Å². The zero-order valence-corrected chi connectivity index (χ0v) is 19.3. The number of nitrogens with zero attached hydrogens (tertiary/aromatic N) is 5.